The fraction of sp³-hybridized carbons (Fsp3) is 0.765. The standard InChI is InChI=1S/C17H28O4/c1-4-10-14(16(18)20-5-2)15(17(19)21-6-3)13-11-8-7-9-12-13/h10,13,15H,4-9,11-12H2,1-3H3. The Balaban J connectivity index is 3.02. The summed E-state index contributed by atoms with van der Waals surface area (Å²) in [6.45, 7) is 6.19. The molecule has 1 aliphatic carbocycles. The first-order valence-corrected chi connectivity index (χ1v) is 8.19. The largest absolute Gasteiger partial charge is 0.466 e. The molecule has 0 spiro atoms. The Morgan fingerprint density at radius 1 is 1.05 bits per heavy atom. The highest BCUT2D eigenvalue weighted by Crippen LogP contribution is 2.35. The summed E-state index contributed by atoms with van der Waals surface area (Å²) in [6.07, 6.45) is 7.92. The van der Waals surface area contributed by atoms with Crippen LogP contribution in [0.1, 0.15) is 59.3 Å². The first kappa shape index (κ1) is 17.7. The Hall–Kier alpha value is -1.32. The third kappa shape index (κ3) is 5.18. The molecule has 0 radical (unpaired) electrons. The van der Waals surface area contributed by atoms with Crippen molar-refractivity contribution in [2.45, 2.75) is 59.3 Å². The molecular weight excluding hydrogens is 268 g/mol. The third-order valence-electron chi connectivity index (χ3n) is 3.93. The molecule has 1 fully saturated rings. The van der Waals surface area contributed by atoms with E-state index in [1.54, 1.807) is 13.8 Å². The van der Waals surface area contributed by atoms with Crippen molar-refractivity contribution in [1.29, 1.82) is 0 Å². The van der Waals surface area contributed by atoms with E-state index in [2.05, 4.69) is 0 Å². The van der Waals surface area contributed by atoms with Crippen LogP contribution in [0.2, 0.25) is 0 Å². The van der Waals surface area contributed by atoms with E-state index in [9.17, 15) is 9.59 Å². The average Bonchev–Trinajstić information content (AvgIpc) is 2.48. The fourth-order valence-electron chi connectivity index (χ4n) is 3.04. The van der Waals surface area contributed by atoms with Crippen LogP contribution in [0.5, 0.6) is 0 Å². The van der Waals surface area contributed by atoms with Gasteiger partial charge >= 0.3 is 11.9 Å². The van der Waals surface area contributed by atoms with Crippen LogP contribution in [0.4, 0.5) is 0 Å². The molecule has 0 aliphatic heterocycles. The highest BCUT2D eigenvalue weighted by atomic mass is 16.5. The molecule has 0 N–H and O–H groups in total. The zero-order valence-corrected chi connectivity index (χ0v) is 13.5. The van der Waals surface area contributed by atoms with Crippen molar-refractivity contribution in [2.24, 2.45) is 11.8 Å². The summed E-state index contributed by atoms with van der Waals surface area (Å²) in [7, 11) is 0. The highest BCUT2D eigenvalue weighted by Gasteiger charge is 2.36. The van der Waals surface area contributed by atoms with E-state index in [1.807, 2.05) is 13.0 Å². The fourth-order valence-corrected chi connectivity index (χ4v) is 3.04. The molecule has 0 saturated heterocycles. The molecule has 1 unspecified atom stereocenters. The number of esters is 2. The van der Waals surface area contributed by atoms with Crippen LogP contribution in [-0.2, 0) is 19.1 Å². The number of carbonyl (C=O) groups is 2. The molecule has 1 saturated carbocycles. The van der Waals surface area contributed by atoms with Gasteiger partial charge in [0.05, 0.1) is 19.1 Å². The van der Waals surface area contributed by atoms with Crippen molar-refractivity contribution in [3.63, 3.8) is 0 Å². The van der Waals surface area contributed by atoms with Crippen LogP contribution in [0.25, 0.3) is 0 Å². The van der Waals surface area contributed by atoms with Gasteiger partial charge in [-0.2, -0.15) is 0 Å². The maximum atomic E-state index is 12.4. The number of allylic oxidation sites excluding steroid dienone is 1. The van der Waals surface area contributed by atoms with E-state index in [1.165, 1.54) is 6.42 Å². The summed E-state index contributed by atoms with van der Waals surface area (Å²) in [5, 5.41) is 0. The zero-order chi connectivity index (χ0) is 15.7. The first-order chi connectivity index (χ1) is 10.2. The second-order valence-corrected chi connectivity index (χ2v) is 5.42. The number of carbonyl (C=O) groups excluding carboxylic acids is 2. The molecule has 0 amide bonds. The second kappa shape index (κ2) is 9.59. The van der Waals surface area contributed by atoms with Crippen molar-refractivity contribution in [2.75, 3.05) is 13.2 Å². The quantitative estimate of drug-likeness (QED) is 0.531. The molecule has 4 heteroatoms. The normalized spacial score (nSPS) is 18.1. The summed E-state index contributed by atoms with van der Waals surface area (Å²) in [4.78, 5) is 24.6. The van der Waals surface area contributed by atoms with E-state index in [4.69, 9.17) is 9.47 Å². The molecule has 0 aromatic rings. The summed E-state index contributed by atoms with van der Waals surface area (Å²) >= 11 is 0. The lowest BCUT2D eigenvalue weighted by molar-refractivity contribution is -0.152. The lowest BCUT2D eigenvalue weighted by atomic mass is 9.76. The van der Waals surface area contributed by atoms with Gasteiger partial charge in [0.1, 0.15) is 0 Å². The molecule has 1 atom stereocenters. The van der Waals surface area contributed by atoms with Gasteiger partial charge in [-0.15, -0.1) is 0 Å². The molecule has 1 rings (SSSR count). The van der Waals surface area contributed by atoms with Crippen LogP contribution < -0.4 is 0 Å². The molecule has 4 nitrogen and oxygen atoms in total. The maximum Gasteiger partial charge on any atom is 0.334 e. The number of hydrogen-bond donors (Lipinski definition) is 0. The van der Waals surface area contributed by atoms with Crippen LogP contribution in [0.15, 0.2) is 11.6 Å². The second-order valence-electron chi connectivity index (χ2n) is 5.42. The lowest BCUT2D eigenvalue weighted by Gasteiger charge is -2.29. The molecule has 0 heterocycles. The van der Waals surface area contributed by atoms with Gasteiger partial charge in [-0.05, 0) is 39.0 Å². The van der Waals surface area contributed by atoms with Gasteiger partial charge in [-0.1, -0.05) is 32.3 Å². The van der Waals surface area contributed by atoms with Gasteiger partial charge in [-0.25, -0.2) is 4.79 Å². The minimum absolute atomic E-state index is 0.194. The molecule has 0 aromatic heterocycles. The number of hydrogen-bond acceptors (Lipinski definition) is 4. The maximum absolute atomic E-state index is 12.4. The number of rotatable bonds is 7. The predicted molar refractivity (Wildman–Crippen MR) is 81.7 cm³/mol. The molecular formula is C17H28O4. The predicted octanol–water partition coefficient (Wildman–Crippen LogP) is 3.65. The van der Waals surface area contributed by atoms with Crippen LogP contribution in [-0.4, -0.2) is 25.2 Å². The lowest BCUT2D eigenvalue weighted by Crippen LogP contribution is -2.32. The van der Waals surface area contributed by atoms with Crippen LogP contribution in [0, 0.1) is 11.8 Å². The van der Waals surface area contributed by atoms with Crippen molar-refractivity contribution < 1.29 is 19.1 Å². The van der Waals surface area contributed by atoms with Crippen molar-refractivity contribution in [3.8, 4) is 0 Å². The number of ether oxygens (including phenoxy) is 2. The Bertz CT molecular complexity index is 367. The van der Waals surface area contributed by atoms with Gasteiger partial charge in [0.15, 0.2) is 0 Å². The molecule has 0 aromatic carbocycles. The summed E-state index contributed by atoms with van der Waals surface area (Å²) < 4.78 is 10.4. The van der Waals surface area contributed by atoms with Crippen molar-refractivity contribution in [1.82, 2.24) is 0 Å². The van der Waals surface area contributed by atoms with Gasteiger partial charge < -0.3 is 9.47 Å². The van der Waals surface area contributed by atoms with Gasteiger partial charge in [-0.3, -0.25) is 4.79 Å². The zero-order valence-electron chi connectivity index (χ0n) is 13.5. The molecule has 120 valence electrons. The average molecular weight is 296 g/mol. The smallest absolute Gasteiger partial charge is 0.334 e. The van der Waals surface area contributed by atoms with E-state index in [0.717, 1.165) is 25.7 Å². The van der Waals surface area contributed by atoms with Gasteiger partial charge in [0.2, 0.25) is 0 Å². The van der Waals surface area contributed by atoms with Crippen molar-refractivity contribution in [3.05, 3.63) is 11.6 Å². The minimum atomic E-state index is -0.468. The topological polar surface area (TPSA) is 52.6 Å². The Morgan fingerprint density at radius 3 is 2.19 bits per heavy atom. The van der Waals surface area contributed by atoms with Crippen molar-refractivity contribution >= 4 is 11.9 Å². The Kier molecular flexibility index (Phi) is 8.09. The Morgan fingerprint density at radius 2 is 1.67 bits per heavy atom. The third-order valence-corrected chi connectivity index (χ3v) is 3.93. The van der Waals surface area contributed by atoms with Crippen LogP contribution in [0.3, 0.4) is 0 Å². The molecule has 1 aliphatic rings. The van der Waals surface area contributed by atoms with E-state index >= 15 is 0 Å². The van der Waals surface area contributed by atoms with E-state index in [0.29, 0.717) is 25.2 Å². The molecule has 0 bridgehead atoms. The SMILES string of the molecule is CCC=C(C(=O)OCC)C(C(=O)OCC)C1CCCCC1. The summed E-state index contributed by atoms with van der Waals surface area (Å²) in [6, 6.07) is 0. The van der Waals surface area contributed by atoms with Gasteiger partial charge in [0.25, 0.3) is 0 Å². The molecule has 21 heavy (non-hydrogen) atoms. The highest BCUT2D eigenvalue weighted by molar-refractivity contribution is 5.95. The Labute approximate surface area is 127 Å². The van der Waals surface area contributed by atoms with Gasteiger partial charge in [0, 0.05) is 5.57 Å². The summed E-state index contributed by atoms with van der Waals surface area (Å²) in [5.74, 6) is -0.926. The van der Waals surface area contributed by atoms with Crippen LogP contribution >= 0.6 is 0 Å². The van der Waals surface area contributed by atoms with E-state index < -0.39 is 5.92 Å². The summed E-state index contributed by atoms with van der Waals surface area (Å²) in [5.41, 5.74) is 0.490. The first-order valence-electron chi connectivity index (χ1n) is 8.19. The minimum Gasteiger partial charge on any atom is -0.466 e. The van der Waals surface area contributed by atoms with E-state index in [-0.39, 0.29) is 17.9 Å². The monoisotopic (exact) mass is 296 g/mol.